The third-order valence-electron chi connectivity index (χ3n) is 8.19. The van der Waals surface area contributed by atoms with Crippen LogP contribution in [0.5, 0.6) is 5.75 Å². The number of fused-ring (bicyclic) bond motifs is 3. The van der Waals surface area contributed by atoms with Gasteiger partial charge in [-0.2, -0.15) is 0 Å². The van der Waals surface area contributed by atoms with Crippen LogP contribution < -0.4 is 19.6 Å². The second-order valence-corrected chi connectivity index (χ2v) is 12.4. The molecule has 1 aliphatic heterocycles. The molecule has 0 saturated carbocycles. The van der Waals surface area contributed by atoms with Gasteiger partial charge in [-0.3, -0.25) is 9.36 Å². The average Bonchev–Trinajstić information content (AvgIpc) is 3.37. The summed E-state index contributed by atoms with van der Waals surface area (Å²) in [6.07, 6.45) is 1.87. The van der Waals surface area contributed by atoms with Gasteiger partial charge >= 0.3 is 5.97 Å². The Hall–Kier alpha value is -4.98. The van der Waals surface area contributed by atoms with Crippen molar-refractivity contribution in [3.63, 3.8) is 0 Å². The molecule has 8 heteroatoms. The van der Waals surface area contributed by atoms with Gasteiger partial charge in [0, 0.05) is 10.6 Å². The molecule has 1 aliphatic rings. The molecule has 5 aromatic carbocycles. The number of esters is 1. The fraction of sp³-hybridized carbons (Fsp3) is 0.132. The van der Waals surface area contributed by atoms with E-state index in [9.17, 15) is 9.59 Å². The van der Waals surface area contributed by atoms with Gasteiger partial charge in [0.05, 0.1) is 22.4 Å². The highest BCUT2D eigenvalue weighted by atomic mass is 35.5. The van der Waals surface area contributed by atoms with E-state index in [4.69, 9.17) is 26.1 Å². The minimum absolute atomic E-state index is 0.192. The van der Waals surface area contributed by atoms with E-state index in [2.05, 4.69) is 24.3 Å². The number of aromatic nitrogens is 1. The largest absolute Gasteiger partial charge is 0.488 e. The average molecular weight is 645 g/mol. The second-order valence-electron chi connectivity index (χ2n) is 10.9. The number of hydrogen-bond acceptors (Lipinski definition) is 6. The molecule has 0 bridgehead atoms. The summed E-state index contributed by atoms with van der Waals surface area (Å²) in [5.74, 6) is 0.129. The predicted octanol–water partition coefficient (Wildman–Crippen LogP) is 7.34. The van der Waals surface area contributed by atoms with Gasteiger partial charge in [0.25, 0.3) is 5.56 Å². The van der Waals surface area contributed by atoms with E-state index in [1.807, 2.05) is 78.9 Å². The standard InChI is InChI=1S/C38H29ClN2O4S/c1-3-44-37(43)34-23(2)40-38-41(35(34)29-17-8-9-18-31(29)39)36(42)33(46-38)21-30-28-16-7-5-12-25(28)19-20-32(30)45-22-26-14-10-13-24-11-4-6-15-27(24)26/h4-21,35H,3,22H2,1-2H3/b33-21-/t35-/m1/s1. The molecular weight excluding hydrogens is 616 g/mol. The number of hydrogen-bond donors (Lipinski definition) is 0. The number of thiazole rings is 1. The molecule has 6 aromatic rings. The van der Waals surface area contributed by atoms with E-state index >= 15 is 0 Å². The van der Waals surface area contributed by atoms with E-state index in [0.29, 0.717) is 38.0 Å². The minimum atomic E-state index is -0.791. The van der Waals surface area contributed by atoms with E-state index in [-0.39, 0.29) is 17.7 Å². The summed E-state index contributed by atoms with van der Waals surface area (Å²) in [4.78, 5) is 32.8. The molecule has 228 valence electrons. The monoisotopic (exact) mass is 644 g/mol. The molecule has 1 aromatic heterocycles. The molecule has 1 atom stereocenters. The Morgan fingerprint density at radius 2 is 1.61 bits per heavy atom. The molecule has 0 N–H and O–H groups in total. The van der Waals surface area contributed by atoms with Crippen LogP contribution in [0.4, 0.5) is 0 Å². The third-order valence-corrected chi connectivity index (χ3v) is 9.51. The van der Waals surface area contributed by atoms with Crippen LogP contribution in [0.3, 0.4) is 0 Å². The van der Waals surface area contributed by atoms with Crippen molar-refractivity contribution < 1.29 is 14.3 Å². The van der Waals surface area contributed by atoms with Crippen LogP contribution in [0, 0.1) is 0 Å². The molecular formula is C38H29ClN2O4S. The van der Waals surface area contributed by atoms with Gasteiger partial charge in [0.15, 0.2) is 4.80 Å². The van der Waals surface area contributed by atoms with Crippen LogP contribution in [0.15, 0.2) is 124 Å². The zero-order valence-electron chi connectivity index (χ0n) is 25.2. The van der Waals surface area contributed by atoms with Crippen molar-refractivity contribution in [2.45, 2.75) is 26.5 Å². The zero-order chi connectivity index (χ0) is 31.8. The second kappa shape index (κ2) is 12.4. The van der Waals surface area contributed by atoms with Gasteiger partial charge in [-0.05, 0) is 64.7 Å². The van der Waals surface area contributed by atoms with Crippen molar-refractivity contribution >= 4 is 56.5 Å². The summed E-state index contributed by atoms with van der Waals surface area (Å²) in [6, 6.07) is 32.9. The van der Waals surface area contributed by atoms with Crippen LogP contribution in [0.25, 0.3) is 27.6 Å². The number of benzene rings is 5. The summed E-state index contributed by atoms with van der Waals surface area (Å²) < 4.78 is 13.9. The minimum Gasteiger partial charge on any atom is -0.488 e. The molecule has 6 nitrogen and oxygen atoms in total. The van der Waals surface area contributed by atoms with E-state index in [1.54, 1.807) is 24.5 Å². The summed E-state index contributed by atoms with van der Waals surface area (Å²) in [6.45, 7) is 4.06. The summed E-state index contributed by atoms with van der Waals surface area (Å²) in [5, 5.41) is 4.70. The van der Waals surface area contributed by atoms with Crippen molar-refractivity contribution in [1.29, 1.82) is 0 Å². The lowest BCUT2D eigenvalue weighted by atomic mass is 9.96. The Balaban J connectivity index is 1.39. The first-order chi connectivity index (χ1) is 22.4. The van der Waals surface area contributed by atoms with Gasteiger partial charge < -0.3 is 9.47 Å². The third kappa shape index (κ3) is 5.31. The molecule has 0 unspecified atom stereocenters. The highest BCUT2D eigenvalue weighted by molar-refractivity contribution is 7.07. The number of allylic oxidation sites excluding steroid dienone is 1. The fourth-order valence-corrected chi connectivity index (χ4v) is 7.31. The maximum atomic E-state index is 14.3. The van der Waals surface area contributed by atoms with Crippen molar-refractivity contribution in [3.8, 4) is 5.75 Å². The Labute approximate surface area is 274 Å². The Bertz CT molecular complexity index is 2370. The molecule has 0 spiro atoms. The Kier molecular flexibility index (Phi) is 8.03. The molecule has 2 heterocycles. The van der Waals surface area contributed by atoms with Gasteiger partial charge in [-0.15, -0.1) is 0 Å². The van der Waals surface area contributed by atoms with Crippen molar-refractivity contribution in [1.82, 2.24) is 4.57 Å². The lowest BCUT2D eigenvalue weighted by Crippen LogP contribution is -2.40. The first-order valence-corrected chi connectivity index (χ1v) is 16.2. The molecule has 0 fully saturated rings. The van der Waals surface area contributed by atoms with Gasteiger partial charge in [0.2, 0.25) is 0 Å². The quantitative estimate of drug-likeness (QED) is 0.171. The maximum absolute atomic E-state index is 14.3. The smallest absolute Gasteiger partial charge is 0.338 e. The Morgan fingerprint density at radius 3 is 2.39 bits per heavy atom. The lowest BCUT2D eigenvalue weighted by molar-refractivity contribution is -0.139. The summed E-state index contributed by atoms with van der Waals surface area (Å²) >= 11 is 7.94. The molecule has 46 heavy (non-hydrogen) atoms. The normalized spacial score (nSPS) is 14.8. The van der Waals surface area contributed by atoms with Crippen molar-refractivity contribution in [2.24, 2.45) is 4.99 Å². The van der Waals surface area contributed by atoms with Crippen molar-refractivity contribution in [2.75, 3.05) is 6.61 Å². The number of ether oxygens (including phenoxy) is 2. The fourth-order valence-electron chi connectivity index (χ4n) is 6.04. The Morgan fingerprint density at radius 1 is 0.913 bits per heavy atom. The van der Waals surface area contributed by atoms with Crippen LogP contribution in [0.1, 0.15) is 36.6 Å². The van der Waals surface area contributed by atoms with Gasteiger partial charge in [-0.1, -0.05) is 114 Å². The summed E-state index contributed by atoms with van der Waals surface area (Å²) in [5.41, 5.74) is 2.98. The first kappa shape index (κ1) is 29.7. The molecule has 0 saturated heterocycles. The molecule has 7 rings (SSSR count). The first-order valence-electron chi connectivity index (χ1n) is 15.0. The maximum Gasteiger partial charge on any atom is 0.338 e. The van der Waals surface area contributed by atoms with Crippen LogP contribution in [-0.4, -0.2) is 17.1 Å². The molecule has 0 radical (unpaired) electrons. The van der Waals surface area contributed by atoms with Crippen LogP contribution in [0.2, 0.25) is 5.02 Å². The predicted molar refractivity (Wildman–Crippen MR) is 184 cm³/mol. The van der Waals surface area contributed by atoms with Gasteiger partial charge in [0.1, 0.15) is 18.4 Å². The lowest BCUT2D eigenvalue weighted by Gasteiger charge is -2.25. The number of carbonyl (C=O) groups excluding carboxylic acids is 1. The molecule has 0 aliphatic carbocycles. The van der Waals surface area contributed by atoms with E-state index < -0.39 is 12.0 Å². The number of halogens is 1. The van der Waals surface area contributed by atoms with E-state index in [0.717, 1.165) is 32.7 Å². The van der Waals surface area contributed by atoms with Gasteiger partial charge in [-0.25, -0.2) is 9.79 Å². The molecule has 0 amide bonds. The SMILES string of the molecule is CCOC(=O)C1=C(C)N=c2s/c(=C\c3c(OCc4cccc5ccccc45)ccc4ccccc34)c(=O)n2[C@@H]1c1ccccc1Cl. The van der Waals surface area contributed by atoms with E-state index in [1.165, 1.54) is 11.3 Å². The highest BCUT2D eigenvalue weighted by Crippen LogP contribution is 2.35. The number of rotatable bonds is 7. The van der Waals surface area contributed by atoms with Crippen molar-refractivity contribution in [3.05, 3.63) is 156 Å². The topological polar surface area (TPSA) is 69.9 Å². The summed E-state index contributed by atoms with van der Waals surface area (Å²) in [7, 11) is 0. The number of carbonyl (C=O) groups is 1. The highest BCUT2D eigenvalue weighted by Gasteiger charge is 2.34. The number of nitrogens with zero attached hydrogens (tertiary/aromatic N) is 2. The zero-order valence-corrected chi connectivity index (χ0v) is 26.8. The van der Waals surface area contributed by atoms with Crippen LogP contribution in [-0.2, 0) is 16.1 Å². The van der Waals surface area contributed by atoms with Crippen LogP contribution >= 0.6 is 22.9 Å².